The van der Waals surface area contributed by atoms with E-state index in [1.54, 1.807) is 7.11 Å². The number of methoxy groups -OCH3 is 1. The van der Waals surface area contributed by atoms with E-state index in [1.165, 1.54) is 12.8 Å². The fraction of sp³-hybridized carbons (Fsp3) is 1.00. The van der Waals surface area contributed by atoms with E-state index >= 15 is 0 Å². The number of hydrogen-bond acceptors (Lipinski definition) is 4. The maximum atomic E-state index is 6.06. The molecule has 0 aromatic carbocycles. The largest absolute Gasteiger partial charge is 0.382 e. The van der Waals surface area contributed by atoms with Crippen LogP contribution in [0, 0.1) is 5.41 Å². The van der Waals surface area contributed by atoms with E-state index in [-0.39, 0.29) is 0 Å². The molecular formula is C15H31NO3. The zero-order chi connectivity index (χ0) is 14.1. The van der Waals surface area contributed by atoms with Gasteiger partial charge in [-0.1, -0.05) is 13.8 Å². The summed E-state index contributed by atoms with van der Waals surface area (Å²) in [6, 6.07) is 0.616. The lowest BCUT2D eigenvalue weighted by molar-refractivity contribution is -0.141. The van der Waals surface area contributed by atoms with Gasteiger partial charge in [0.1, 0.15) is 0 Å². The molecule has 0 aliphatic heterocycles. The van der Waals surface area contributed by atoms with Crippen molar-refractivity contribution in [2.45, 2.75) is 51.7 Å². The smallest absolute Gasteiger partial charge is 0.0700 e. The highest BCUT2D eigenvalue weighted by Crippen LogP contribution is 2.48. The van der Waals surface area contributed by atoms with Gasteiger partial charge in [-0.05, 0) is 32.7 Å². The molecule has 0 saturated heterocycles. The Balaban J connectivity index is 2.16. The Bertz CT molecular complexity index is 231. The first-order valence-corrected chi connectivity index (χ1v) is 7.60. The van der Waals surface area contributed by atoms with Crippen molar-refractivity contribution in [3.63, 3.8) is 0 Å². The molecule has 1 saturated carbocycles. The fourth-order valence-electron chi connectivity index (χ4n) is 3.22. The molecule has 1 rings (SSSR count). The fourth-order valence-corrected chi connectivity index (χ4v) is 3.22. The van der Waals surface area contributed by atoms with Crippen LogP contribution in [-0.2, 0) is 14.2 Å². The van der Waals surface area contributed by atoms with E-state index in [9.17, 15) is 0 Å². The van der Waals surface area contributed by atoms with Crippen LogP contribution in [0.2, 0.25) is 0 Å². The van der Waals surface area contributed by atoms with Crippen LogP contribution in [-0.4, -0.2) is 52.7 Å². The molecule has 1 fully saturated rings. The number of nitrogens with one attached hydrogen (secondary N) is 1. The van der Waals surface area contributed by atoms with Crippen molar-refractivity contribution in [1.29, 1.82) is 0 Å². The third kappa shape index (κ3) is 4.15. The quantitative estimate of drug-likeness (QED) is 0.586. The third-order valence-electron chi connectivity index (χ3n) is 4.63. The summed E-state index contributed by atoms with van der Waals surface area (Å²) in [6.07, 6.45) is 4.89. The SMILES string of the molecule is CCC1(CC)C(NC)CC1OCCCOCCOC. The summed E-state index contributed by atoms with van der Waals surface area (Å²) in [6.45, 7) is 7.46. The van der Waals surface area contributed by atoms with Gasteiger partial charge in [-0.3, -0.25) is 0 Å². The van der Waals surface area contributed by atoms with Crippen LogP contribution in [0.15, 0.2) is 0 Å². The number of hydrogen-bond donors (Lipinski definition) is 1. The molecule has 0 amide bonds. The average Bonchev–Trinajstić information content (AvgIpc) is 2.42. The first-order chi connectivity index (χ1) is 9.25. The van der Waals surface area contributed by atoms with Crippen molar-refractivity contribution in [3.05, 3.63) is 0 Å². The topological polar surface area (TPSA) is 39.7 Å². The average molecular weight is 273 g/mol. The van der Waals surface area contributed by atoms with Crippen molar-refractivity contribution in [2.75, 3.05) is 40.6 Å². The molecule has 0 spiro atoms. The normalized spacial score (nSPS) is 25.3. The number of rotatable bonds is 11. The maximum Gasteiger partial charge on any atom is 0.0700 e. The molecule has 0 aromatic rings. The van der Waals surface area contributed by atoms with Gasteiger partial charge in [-0.15, -0.1) is 0 Å². The van der Waals surface area contributed by atoms with E-state index in [1.807, 2.05) is 0 Å². The number of ether oxygens (including phenoxy) is 3. The Labute approximate surface area is 118 Å². The Hall–Kier alpha value is -0.160. The standard InChI is InChI=1S/C15H31NO3/c1-5-15(6-2)13(16-3)12-14(15)19-9-7-8-18-11-10-17-4/h13-14,16H,5-12H2,1-4H3. The van der Waals surface area contributed by atoms with E-state index in [0.29, 0.717) is 30.8 Å². The molecular weight excluding hydrogens is 242 g/mol. The van der Waals surface area contributed by atoms with Gasteiger partial charge in [0.15, 0.2) is 0 Å². The molecule has 1 N–H and O–H groups in total. The molecule has 0 aromatic heterocycles. The van der Waals surface area contributed by atoms with Crippen LogP contribution in [0.4, 0.5) is 0 Å². The first-order valence-electron chi connectivity index (χ1n) is 7.60. The second-order valence-electron chi connectivity index (χ2n) is 5.34. The Morgan fingerprint density at radius 1 is 1.11 bits per heavy atom. The molecule has 0 heterocycles. The minimum absolute atomic E-state index is 0.339. The van der Waals surface area contributed by atoms with Gasteiger partial charge in [0.25, 0.3) is 0 Å². The first kappa shape index (κ1) is 16.9. The summed E-state index contributed by atoms with van der Waals surface area (Å²) in [5, 5.41) is 3.43. The summed E-state index contributed by atoms with van der Waals surface area (Å²) in [5.41, 5.74) is 0.339. The Morgan fingerprint density at radius 2 is 1.84 bits per heavy atom. The second kappa shape index (κ2) is 8.90. The van der Waals surface area contributed by atoms with Crippen LogP contribution in [0.5, 0.6) is 0 Å². The maximum absolute atomic E-state index is 6.06. The lowest BCUT2D eigenvalue weighted by atomic mass is 9.58. The summed E-state index contributed by atoms with van der Waals surface area (Å²) in [4.78, 5) is 0. The highest BCUT2D eigenvalue weighted by molar-refractivity contribution is 5.06. The van der Waals surface area contributed by atoms with Gasteiger partial charge < -0.3 is 19.5 Å². The van der Waals surface area contributed by atoms with Crippen LogP contribution in [0.3, 0.4) is 0 Å². The van der Waals surface area contributed by atoms with E-state index in [0.717, 1.165) is 26.1 Å². The summed E-state index contributed by atoms with van der Waals surface area (Å²) in [7, 11) is 3.75. The molecule has 2 atom stereocenters. The molecule has 114 valence electrons. The van der Waals surface area contributed by atoms with Gasteiger partial charge >= 0.3 is 0 Å². The van der Waals surface area contributed by atoms with E-state index < -0.39 is 0 Å². The summed E-state index contributed by atoms with van der Waals surface area (Å²) >= 11 is 0. The Kier molecular flexibility index (Phi) is 7.91. The van der Waals surface area contributed by atoms with Gasteiger partial charge in [-0.2, -0.15) is 0 Å². The summed E-state index contributed by atoms with van der Waals surface area (Å²) in [5.74, 6) is 0. The highest BCUT2D eigenvalue weighted by atomic mass is 16.5. The van der Waals surface area contributed by atoms with Crippen molar-refractivity contribution in [3.8, 4) is 0 Å². The van der Waals surface area contributed by atoms with Crippen molar-refractivity contribution in [1.82, 2.24) is 5.32 Å². The van der Waals surface area contributed by atoms with Crippen LogP contribution in [0.25, 0.3) is 0 Å². The molecule has 1 aliphatic carbocycles. The van der Waals surface area contributed by atoms with Gasteiger partial charge in [-0.25, -0.2) is 0 Å². The van der Waals surface area contributed by atoms with Crippen molar-refractivity contribution >= 4 is 0 Å². The third-order valence-corrected chi connectivity index (χ3v) is 4.63. The zero-order valence-corrected chi connectivity index (χ0v) is 13.0. The monoisotopic (exact) mass is 273 g/mol. The summed E-state index contributed by atoms with van der Waals surface area (Å²) < 4.78 is 16.4. The molecule has 4 nitrogen and oxygen atoms in total. The van der Waals surface area contributed by atoms with Gasteiger partial charge in [0.2, 0.25) is 0 Å². The minimum Gasteiger partial charge on any atom is -0.382 e. The Morgan fingerprint density at radius 3 is 2.42 bits per heavy atom. The van der Waals surface area contributed by atoms with Gasteiger partial charge in [0, 0.05) is 31.8 Å². The van der Waals surface area contributed by atoms with Crippen LogP contribution >= 0.6 is 0 Å². The van der Waals surface area contributed by atoms with Crippen molar-refractivity contribution in [2.24, 2.45) is 5.41 Å². The molecule has 0 bridgehead atoms. The predicted molar refractivity (Wildman–Crippen MR) is 77.5 cm³/mol. The molecule has 1 aliphatic rings. The second-order valence-corrected chi connectivity index (χ2v) is 5.34. The van der Waals surface area contributed by atoms with Crippen LogP contribution in [0.1, 0.15) is 39.5 Å². The predicted octanol–water partition coefficient (Wildman–Crippen LogP) is 2.22. The lowest BCUT2D eigenvalue weighted by Crippen LogP contribution is -2.62. The molecule has 4 heteroatoms. The lowest BCUT2D eigenvalue weighted by Gasteiger charge is -2.55. The highest BCUT2D eigenvalue weighted by Gasteiger charge is 2.52. The van der Waals surface area contributed by atoms with Gasteiger partial charge in [0.05, 0.1) is 19.3 Å². The molecule has 2 unspecified atom stereocenters. The minimum atomic E-state index is 0.339. The molecule has 19 heavy (non-hydrogen) atoms. The van der Waals surface area contributed by atoms with Crippen LogP contribution < -0.4 is 5.32 Å². The molecule has 0 radical (unpaired) electrons. The van der Waals surface area contributed by atoms with E-state index in [4.69, 9.17) is 14.2 Å². The van der Waals surface area contributed by atoms with E-state index in [2.05, 4.69) is 26.2 Å². The van der Waals surface area contributed by atoms with Crippen molar-refractivity contribution < 1.29 is 14.2 Å². The zero-order valence-electron chi connectivity index (χ0n) is 13.0.